The molecule has 0 aliphatic carbocycles. The molecule has 5 heteroatoms. The summed E-state index contributed by atoms with van der Waals surface area (Å²) >= 11 is 0. The average molecular weight is 264 g/mol. The van der Waals surface area contributed by atoms with Crippen LogP contribution in [0.1, 0.15) is 12.8 Å². The van der Waals surface area contributed by atoms with Crippen molar-refractivity contribution in [2.24, 2.45) is 14.1 Å². The summed E-state index contributed by atoms with van der Waals surface area (Å²) in [5.41, 5.74) is 1.68. The number of imidazole rings is 1. The van der Waals surface area contributed by atoms with E-state index in [-0.39, 0.29) is 5.69 Å². The SMILES string of the molecule is C1CCOC1.COc1cccc2c1n(C)c(=O)n2C. The molecule has 1 aliphatic heterocycles. The van der Waals surface area contributed by atoms with E-state index in [0.29, 0.717) is 0 Å². The summed E-state index contributed by atoms with van der Waals surface area (Å²) in [5, 5.41) is 0. The molecule has 0 amide bonds. The Kier molecular flexibility index (Phi) is 4.27. The lowest BCUT2D eigenvalue weighted by Gasteiger charge is -2.02. The van der Waals surface area contributed by atoms with E-state index in [1.807, 2.05) is 18.2 Å². The lowest BCUT2D eigenvalue weighted by Crippen LogP contribution is -2.19. The van der Waals surface area contributed by atoms with Crippen LogP contribution in [-0.4, -0.2) is 29.5 Å². The van der Waals surface area contributed by atoms with E-state index in [2.05, 4.69) is 0 Å². The van der Waals surface area contributed by atoms with Crippen LogP contribution in [0.5, 0.6) is 5.75 Å². The molecule has 1 fully saturated rings. The van der Waals surface area contributed by atoms with Crippen molar-refractivity contribution in [3.63, 3.8) is 0 Å². The Balaban J connectivity index is 0.000000224. The van der Waals surface area contributed by atoms with E-state index in [1.54, 1.807) is 30.3 Å². The summed E-state index contributed by atoms with van der Waals surface area (Å²) in [6, 6.07) is 5.63. The molecular formula is C14H20N2O3. The first kappa shape index (κ1) is 13.7. The second-order valence-corrected chi connectivity index (χ2v) is 4.55. The fraction of sp³-hybridized carbons (Fsp3) is 0.500. The molecule has 2 heterocycles. The van der Waals surface area contributed by atoms with Crippen molar-refractivity contribution in [1.29, 1.82) is 0 Å². The molecule has 1 saturated heterocycles. The largest absolute Gasteiger partial charge is 0.494 e. The van der Waals surface area contributed by atoms with Gasteiger partial charge in [-0.25, -0.2) is 4.79 Å². The zero-order valence-corrected chi connectivity index (χ0v) is 11.7. The predicted octanol–water partition coefficient (Wildman–Crippen LogP) is 1.68. The first-order chi connectivity index (χ1) is 9.16. The number of para-hydroxylation sites is 1. The van der Waals surface area contributed by atoms with E-state index in [9.17, 15) is 4.79 Å². The Morgan fingerprint density at radius 3 is 2.37 bits per heavy atom. The first-order valence-electron chi connectivity index (χ1n) is 6.43. The summed E-state index contributed by atoms with van der Waals surface area (Å²) < 4.78 is 13.3. The quantitative estimate of drug-likeness (QED) is 0.787. The van der Waals surface area contributed by atoms with Crippen molar-refractivity contribution in [3.05, 3.63) is 28.7 Å². The maximum Gasteiger partial charge on any atom is 0.328 e. The van der Waals surface area contributed by atoms with Gasteiger partial charge in [-0.2, -0.15) is 0 Å². The minimum atomic E-state index is -0.0375. The number of ether oxygens (including phenoxy) is 2. The highest BCUT2D eigenvalue weighted by Gasteiger charge is 2.10. The van der Waals surface area contributed by atoms with Gasteiger partial charge in [0, 0.05) is 27.3 Å². The van der Waals surface area contributed by atoms with Gasteiger partial charge in [-0.1, -0.05) is 6.07 Å². The number of methoxy groups -OCH3 is 1. The predicted molar refractivity (Wildman–Crippen MR) is 74.8 cm³/mol. The summed E-state index contributed by atoms with van der Waals surface area (Å²) in [6.45, 7) is 2.00. The second-order valence-electron chi connectivity index (χ2n) is 4.55. The van der Waals surface area contributed by atoms with Crippen LogP contribution in [0, 0.1) is 0 Å². The number of hydrogen-bond donors (Lipinski definition) is 0. The second kappa shape index (κ2) is 5.93. The van der Waals surface area contributed by atoms with Gasteiger partial charge in [0.25, 0.3) is 0 Å². The Morgan fingerprint density at radius 2 is 1.84 bits per heavy atom. The van der Waals surface area contributed by atoms with Crippen LogP contribution in [0.4, 0.5) is 0 Å². The molecule has 0 N–H and O–H groups in total. The molecule has 2 aromatic rings. The van der Waals surface area contributed by atoms with Gasteiger partial charge in [0.2, 0.25) is 0 Å². The summed E-state index contributed by atoms with van der Waals surface area (Å²) in [6.07, 6.45) is 2.56. The third-order valence-electron chi connectivity index (χ3n) is 3.30. The molecular weight excluding hydrogens is 244 g/mol. The first-order valence-corrected chi connectivity index (χ1v) is 6.43. The maximum atomic E-state index is 11.6. The van der Waals surface area contributed by atoms with Gasteiger partial charge in [-0.15, -0.1) is 0 Å². The van der Waals surface area contributed by atoms with Gasteiger partial charge in [0.05, 0.1) is 12.6 Å². The van der Waals surface area contributed by atoms with Crippen LogP contribution in [-0.2, 0) is 18.8 Å². The van der Waals surface area contributed by atoms with Gasteiger partial charge in [-0.3, -0.25) is 9.13 Å². The number of rotatable bonds is 1. The van der Waals surface area contributed by atoms with Crippen molar-refractivity contribution >= 4 is 11.0 Å². The van der Waals surface area contributed by atoms with E-state index in [4.69, 9.17) is 9.47 Å². The van der Waals surface area contributed by atoms with Crippen LogP contribution in [0.15, 0.2) is 23.0 Å². The Morgan fingerprint density at radius 1 is 1.16 bits per heavy atom. The highest BCUT2D eigenvalue weighted by atomic mass is 16.5. The molecule has 19 heavy (non-hydrogen) atoms. The molecule has 0 atom stereocenters. The van der Waals surface area contributed by atoms with Crippen molar-refractivity contribution in [3.8, 4) is 5.75 Å². The lowest BCUT2D eigenvalue weighted by molar-refractivity contribution is 0.198. The third kappa shape index (κ3) is 2.66. The number of aryl methyl sites for hydroxylation is 2. The zero-order chi connectivity index (χ0) is 13.8. The number of benzene rings is 1. The Bertz CT molecular complexity index is 601. The monoisotopic (exact) mass is 264 g/mol. The van der Waals surface area contributed by atoms with Crippen LogP contribution in [0.3, 0.4) is 0 Å². The normalized spacial score (nSPS) is 14.3. The van der Waals surface area contributed by atoms with Crippen LogP contribution in [0.2, 0.25) is 0 Å². The fourth-order valence-electron chi connectivity index (χ4n) is 2.22. The molecule has 1 aliphatic rings. The van der Waals surface area contributed by atoms with Crippen LogP contribution in [0.25, 0.3) is 11.0 Å². The van der Waals surface area contributed by atoms with E-state index >= 15 is 0 Å². The van der Waals surface area contributed by atoms with E-state index < -0.39 is 0 Å². The van der Waals surface area contributed by atoms with Gasteiger partial charge >= 0.3 is 5.69 Å². The molecule has 104 valence electrons. The average Bonchev–Trinajstić information content (AvgIpc) is 3.08. The number of hydrogen-bond acceptors (Lipinski definition) is 3. The van der Waals surface area contributed by atoms with Gasteiger partial charge < -0.3 is 9.47 Å². The number of fused-ring (bicyclic) bond motifs is 1. The minimum Gasteiger partial charge on any atom is -0.494 e. The van der Waals surface area contributed by atoms with E-state index in [0.717, 1.165) is 30.0 Å². The smallest absolute Gasteiger partial charge is 0.328 e. The van der Waals surface area contributed by atoms with Crippen LogP contribution >= 0.6 is 0 Å². The molecule has 5 nitrogen and oxygen atoms in total. The molecule has 1 aromatic heterocycles. The highest BCUT2D eigenvalue weighted by Crippen LogP contribution is 2.23. The lowest BCUT2D eigenvalue weighted by atomic mass is 10.3. The standard InChI is InChI=1S/C10H12N2O2.C4H8O/c1-11-7-5-4-6-8(14-3)9(7)12(2)10(11)13;1-2-4-5-3-1/h4-6H,1-3H3;1-4H2. The molecule has 0 saturated carbocycles. The minimum absolute atomic E-state index is 0.0375. The van der Waals surface area contributed by atoms with Crippen molar-refractivity contribution in [1.82, 2.24) is 9.13 Å². The molecule has 3 rings (SSSR count). The van der Waals surface area contributed by atoms with Gasteiger partial charge in [0.1, 0.15) is 11.3 Å². The maximum absolute atomic E-state index is 11.6. The third-order valence-corrected chi connectivity index (χ3v) is 3.30. The topological polar surface area (TPSA) is 45.4 Å². The summed E-state index contributed by atoms with van der Waals surface area (Å²) in [5.74, 6) is 0.725. The Labute approximate surface area is 112 Å². The van der Waals surface area contributed by atoms with Crippen molar-refractivity contribution in [2.75, 3.05) is 20.3 Å². The number of aromatic nitrogens is 2. The van der Waals surface area contributed by atoms with Crippen molar-refractivity contribution in [2.45, 2.75) is 12.8 Å². The highest BCUT2D eigenvalue weighted by molar-refractivity contribution is 5.82. The molecule has 0 spiro atoms. The fourth-order valence-corrected chi connectivity index (χ4v) is 2.22. The zero-order valence-electron chi connectivity index (χ0n) is 11.7. The number of nitrogens with zero attached hydrogens (tertiary/aromatic N) is 2. The molecule has 0 bridgehead atoms. The van der Waals surface area contributed by atoms with Crippen molar-refractivity contribution < 1.29 is 9.47 Å². The molecule has 0 unspecified atom stereocenters. The van der Waals surface area contributed by atoms with E-state index in [1.165, 1.54) is 12.8 Å². The van der Waals surface area contributed by atoms with Gasteiger partial charge in [-0.05, 0) is 25.0 Å². The summed E-state index contributed by atoms with van der Waals surface area (Å²) in [4.78, 5) is 11.6. The summed E-state index contributed by atoms with van der Waals surface area (Å²) in [7, 11) is 5.10. The molecule has 0 radical (unpaired) electrons. The molecule has 1 aromatic carbocycles. The van der Waals surface area contributed by atoms with Crippen LogP contribution < -0.4 is 10.4 Å². The Hall–Kier alpha value is -1.75. The van der Waals surface area contributed by atoms with Gasteiger partial charge in [0.15, 0.2) is 0 Å².